The minimum atomic E-state index is -0.299. The first-order valence-corrected chi connectivity index (χ1v) is 6.42. The standard InChI is InChI=1S/C15H16N4O2/c1-10-8-13(16-12(3)20)14(9-11(10)2)17-18-15-6-4-5-7-19(15)21/h4-9,21H,1-3H3/b16-13?,17-14+,18-15+. The van der Waals surface area contributed by atoms with E-state index in [0.717, 1.165) is 15.9 Å². The van der Waals surface area contributed by atoms with Crippen molar-refractivity contribution < 1.29 is 10.0 Å². The van der Waals surface area contributed by atoms with Crippen LogP contribution in [0.15, 0.2) is 62.9 Å². The Balaban J connectivity index is 2.50. The van der Waals surface area contributed by atoms with Gasteiger partial charge in [-0.25, -0.2) is 4.99 Å². The van der Waals surface area contributed by atoms with E-state index < -0.39 is 0 Å². The molecular formula is C15H16N4O2. The van der Waals surface area contributed by atoms with Crippen LogP contribution in [0.1, 0.15) is 20.8 Å². The van der Waals surface area contributed by atoms with Crippen LogP contribution in [0.2, 0.25) is 0 Å². The van der Waals surface area contributed by atoms with Crippen LogP contribution in [0.4, 0.5) is 0 Å². The highest BCUT2D eigenvalue weighted by atomic mass is 16.5. The second kappa shape index (κ2) is 6.13. The monoisotopic (exact) mass is 284 g/mol. The number of allylic oxidation sites excluding steroid dienone is 4. The predicted octanol–water partition coefficient (Wildman–Crippen LogP) is 1.88. The van der Waals surface area contributed by atoms with Crippen LogP contribution in [-0.4, -0.2) is 27.3 Å². The zero-order valence-electron chi connectivity index (χ0n) is 12.1. The van der Waals surface area contributed by atoms with Crippen molar-refractivity contribution in [2.45, 2.75) is 20.8 Å². The van der Waals surface area contributed by atoms with Crippen LogP contribution in [0.5, 0.6) is 0 Å². The highest BCUT2D eigenvalue weighted by Gasteiger charge is 2.13. The van der Waals surface area contributed by atoms with Gasteiger partial charge in [-0.15, -0.1) is 10.2 Å². The Morgan fingerprint density at radius 1 is 1.10 bits per heavy atom. The molecule has 21 heavy (non-hydrogen) atoms. The second-order valence-corrected chi connectivity index (χ2v) is 4.66. The van der Waals surface area contributed by atoms with Crippen LogP contribution in [0.25, 0.3) is 0 Å². The maximum atomic E-state index is 11.2. The van der Waals surface area contributed by atoms with E-state index in [4.69, 9.17) is 0 Å². The van der Waals surface area contributed by atoms with Gasteiger partial charge in [-0.2, -0.15) is 4.73 Å². The summed E-state index contributed by atoms with van der Waals surface area (Å²) in [5, 5.41) is 17.7. The molecule has 0 fully saturated rings. The summed E-state index contributed by atoms with van der Waals surface area (Å²) in [6.45, 7) is 5.27. The van der Waals surface area contributed by atoms with Crippen molar-refractivity contribution in [2.75, 3.05) is 0 Å². The number of amides is 1. The van der Waals surface area contributed by atoms with Gasteiger partial charge in [0.1, 0.15) is 5.71 Å². The molecule has 0 saturated heterocycles. The lowest BCUT2D eigenvalue weighted by Gasteiger charge is -2.11. The molecule has 0 aliphatic heterocycles. The molecule has 1 aromatic rings. The number of carbonyl (C=O) groups excluding carboxylic acids is 1. The molecular weight excluding hydrogens is 268 g/mol. The van der Waals surface area contributed by atoms with Crippen LogP contribution in [0, 0.1) is 0 Å². The largest absolute Gasteiger partial charge is 0.427 e. The molecule has 1 aromatic heterocycles. The SMILES string of the molecule is CC(=O)N=C1C=C(C)C(C)=C/C1=N\N=c1/ccccn1O. The molecule has 1 amide bonds. The average Bonchev–Trinajstić information content (AvgIpc) is 2.42. The molecule has 1 aliphatic rings. The van der Waals surface area contributed by atoms with Gasteiger partial charge in [0.05, 0.1) is 5.71 Å². The minimum Gasteiger partial charge on any atom is -0.427 e. The van der Waals surface area contributed by atoms with Crippen molar-refractivity contribution in [1.29, 1.82) is 0 Å². The Morgan fingerprint density at radius 3 is 2.38 bits per heavy atom. The highest BCUT2D eigenvalue weighted by molar-refractivity contribution is 6.52. The van der Waals surface area contributed by atoms with E-state index >= 15 is 0 Å². The first-order valence-electron chi connectivity index (χ1n) is 6.42. The third-order valence-electron chi connectivity index (χ3n) is 2.95. The molecule has 1 N–H and O–H groups in total. The zero-order chi connectivity index (χ0) is 15.4. The van der Waals surface area contributed by atoms with Crippen molar-refractivity contribution in [1.82, 2.24) is 4.73 Å². The molecule has 0 atom stereocenters. The zero-order valence-corrected chi connectivity index (χ0v) is 12.1. The maximum Gasteiger partial charge on any atom is 0.243 e. The fourth-order valence-corrected chi connectivity index (χ4v) is 1.73. The summed E-state index contributed by atoms with van der Waals surface area (Å²) in [5.74, 6) is -0.299. The number of carbonyl (C=O) groups is 1. The Hall–Kier alpha value is -2.76. The molecule has 0 bridgehead atoms. The van der Waals surface area contributed by atoms with Crippen LogP contribution in [0.3, 0.4) is 0 Å². The summed E-state index contributed by atoms with van der Waals surface area (Å²) in [5.41, 5.74) is 3.28. The van der Waals surface area contributed by atoms with Crippen molar-refractivity contribution in [3.05, 3.63) is 53.2 Å². The fraction of sp³-hybridized carbons (Fsp3) is 0.200. The number of hydrogen-bond donors (Lipinski definition) is 1. The van der Waals surface area contributed by atoms with Gasteiger partial charge in [0, 0.05) is 13.1 Å². The van der Waals surface area contributed by atoms with Gasteiger partial charge >= 0.3 is 0 Å². The summed E-state index contributed by atoms with van der Waals surface area (Å²) in [6, 6.07) is 5.03. The van der Waals surface area contributed by atoms with Crippen molar-refractivity contribution in [3.63, 3.8) is 0 Å². The van der Waals surface area contributed by atoms with Crippen molar-refractivity contribution in [2.24, 2.45) is 15.2 Å². The number of aromatic nitrogens is 1. The molecule has 0 radical (unpaired) electrons. The smallest absolute Gasteiger partial charge is 0.243 e. The summed E-state index contributed by atoms with van der Waals surface area (Å²) < 4.78 is 0.867. The number of hydrogen-bond acceptors (Lipinski definition) is 4. The molecule has 108 valence electrons. The Kier molecular flexibility index (Phi) is 4.27. The third kappa shape index (κ3) is 3.62. The first-order chi connectivity index (χ1) is 9.97. The van der Waals surface area contributed by atoms with E-state index in [-0.39, 0.29) is 11.4 Å². The molecule has 0 saturated carbocycles. The fourth-order valence-electron chi connectivity index (χ4n) is 1.73. The highest BCUT2D eigenvalue weighted by Crippen LogP contribution is 2.15. The van der Waals surface area contributed by atoms with Crippen LogP contribution >= 0.6 is 0 Å². The van der Waals surface area contributed by atoms with Gasteiger partial charge < -0.3 is 5.21 Å². The summed E-state index contributed by atoms with van der Waals surface area (Å²) >= 11 is 0. The van der Waals surface area contributed by atoms with Crippen LogP contribution < -0.4 is 5.49 Å². The van der Waals surface area contributed by atoms with Gasteiger partial charge in [0.2, 0.25) is 5.91 Å². The second-order valence-electron chi connectivity index (χ2n) is 4.66. The van der Waals surface area contributed by atoms with Gasteiger partial charge in [-0.3, -0.25) is 4.79 Å². The molecule has 0 spiro atoms. The van der Waals surface area contributed by atoms with E-state index in [9.17, 15) is 10.0 Å². The number of rotatable bonds is 1. The van der Waals surface area contributed by atoms with Gasteiger partial charge in [-0.05, 0) is 49.3 Å². The molecule has 1 heterocycles. The van der Waals surface area contributed by atoms with Gasteiger partial charge in [0.15, 0.2) is 5.49 Å². The van der Waals surface area contributed by atoms with Crippen molar-refractivity contribution in [3.8, 4) is 0 Å². The normalized spacial score (nSPS) is 19.7. The van der Waals surface area contributed by atoms with E-state index in [1.807, 2.05) is 19.9 Å². The van der Waals surface area contributed by atoms with E-state index in [0.29, 0.717) is 11.4 Å². The summed E-state index contributed by atoms with van der Waals surface area (Å²) in [4.78, 5) is 15.1. The van der Waals surface area contributed by atoms with Crippen molar-refractivity contribution >= 4 is 17.3 Å². The lowest BCUT2D eigenvalue weighted by Crippen LogP contribution is -2.19. The number of aliphatic imine (C=N–C) groups is 1. The first kappa shape index (κ1) is 14.6. The van der Waals surface area contributed by atoms with E-state index in [1.54, 1.807) is 24.3 Å². The Labute approximate surface area is 122 Å². The quantitative estimate of drug-likeness (QED) is 0.485. The predicted molar refractivity (Wildman–Crippen MR) is 80.2 cm³/mol. The van der Waals surface area contributed by atoms with E-state index in [2.05, 4.69) is 15.2 Å². The topological polar surface area (TPSA) is 79.3 Å². The molecule has 0 aromatic carbocycles. The summed E-state index contributed by atoms with van der Waals surface area (Å²) in [6.07, 6.45) is 5.06. The molecule has 2 rings (SSSR count). The Bertz CT molecular complexity index is 764. The van der Waals surface area contributed by atoms with E-state index in [1.165, 1.54) is 13.1 Å². The van der Waals surface area contributed by atoms with Crippen LogP contribution in [-0.2, 0) is 4.79 Å². The molecule has 6 heteroatoms. The molecule has 1 aliphatic carbocycles. The molecule has 6 nitrogen and oxygen atoms in total. The number of pyridine rings is 1. The average molecular weight is 284 g/mol. The Morgan fingerprint density at radius 2 is 1.76 bits per heavy atom. The summed E-state index contributed by atoms with van der Waals surface area (Å²) in [7, 11) is 0. The lowest BCUT2D eigenvalue weighted by atomic mass is 9.98. The maximum absolute atomic E-state index is 11.2. The van der Waals surface area contributed by atoms with Gasteiger partial charge in [0.25, 0.3) is 0 Å². The third-order valence-corrected chi connectivity index (χ3v) is 2.95. The molecule has 0 unspecified atom stereocenters. The minimum absolute atomic E-state index is 0.282. The number of nitrogens with zero attached hydrogens (tertiary/aromatic N) is 4. The lowest BCUT2D eigenvalue weighted by molar-refractivity contribution is -0.115. The van der Waals surface area contributed by atoms with Gasteiger partial charge in [-0.1, -0.05) is 6.07 Å².